The number of aliphatic hydroxyl groups is 3. The van der Waals surface area contributed by atoms with Gasteiger partial charge in [0.15, 0.2) is 6.10 Å². The third kappa shape index (κ3) is 3.00. The number of benzene rings is 1. The highest BCUT2D eigenvalue weighted by Gasteiger charge is 2.26. The molecule has 0 fully saturated rings. The van der Waals surface area contributed by atoms with Crippen LogP contribution in [0.15, 0.2) is 18.2 Å². The molecule has 0 aliphatic carbocycles. The van der Waals surface area contributed by atoms with Crippen LogP contribution in [0.2, 0.25) is 0 Å². The quantitative estimate of drug-likeness (QED) is 0.643. The van der Waals surface area contributed by atoms with Gasteiger partial charge in [0.1, 0.15) is 11.9 Å². The maximum atomic E-state index is 13.3. The van der Waals surface area contributed by atoms with Crippen molar-refractivity contribution in [2.75, 3.05) is 7.11 Å². The highest BCUT2D eigenvalue weighted by Crippen LogP contribution is 2.20. The highest BCUT2D eigenvalue weighted by atomic mass is 19.1. The first-order chi connectivity index (χ1) is 8.01. The number of halogens is 1. The van der Waals surface area contributed by atoms with E-state index in [9.17, 15) is 19.4 Å². The Morgan fingerprint density at radius 3 is 2.59 bits per heavy atom. The normalized spacial score (nSPS) is 14.2. The average molecular weight is 244 g/mol. The molecule has 1 aromatic rings. The molecule has 0 spiro atoms. The number of ether oxygens (including phenoxy) is 1. The molecule has 0 radical (unpaired) electrons. The molecule has 6 heteroatoms. The van der Waals surface area contributed by atoms with E-state index in [1.165, 1.54) is 12.1 Å². The molecule has 2 unspecified atom stereocenters. The Kier molecular flexibility index (Phi) is 4.56. The lowest BCUT2D eigenvalue weighted by atomic mass is 10.0. The minimum Gasteiger partial charge on any atom is -0.467 e. The monoisotopic (exact) mass is 244 g/mol. The molecule has 1 rings (SSSR count). The number of hydrogen-bond acceptors (Lipinski definition) is 5. The number of hydrogen-bond donors (Lipinski definition) is 3. The van der Waals surface area contributed by atoms with E-state index in [-0.39, 0.29) is 11.1 Å². The van der Waals surface area contributed by atoms with E-state index >= 15 is 0 Å². The van der Waals surface area contributed by atoms with Gasteiger partial charge in [-0.15, -0.1) is 0 Å². The second-order valence-corrected chi connectivity index (χ2v) is 3.42. The maximum Gasteiger partial charge on any atom is 0.337 e. The molecule has 94 valence electrons. The van der Waals surface area contributed by atoms with Gasteiger partial charge in [-0.05, 0) is 11.6 Å². The van der Waals surface area contributed by atoms with Crippen molar-refractivity contribution < 1.29 is 29.2 Å². The van der Waals surface area contributed by atoms with E-state index < -0.39 is 30.6 Å². The molecule has 0 amide bonds. The van der Waals surface area contributed by atoms with Crippen LogP contribution in [0.25, 0.3) is 0 Å². The van der Waals surface area contributed by atoms with Crippen LogP contribution < -0.4 is 0 Å². The fourth-order valence-corrected chi connectivity index (χ4v) is 1.31. The molecule has 0 heterocycles. The lowest BCUT2D eigenvalue weighted by molar-refractivity contribution is -0.156. The Bertz CT molecular complexity index is 407. The summed E-state index contributed by atoms with van der Waals surface area (Å²) in [5.41, 5.74) is 0.0890. The number of rotatable bonds is 4. The van der Waals surface area contributed by atoms with Crippen molar-refractivity contribution in [3.8, 4) is 0 Å². The minimum atomic E-state index is -1.78. The molecular formula is C11H13FO5. The van der Waals surface area contributed by atoms with E-state index in [1.807, 2.05) is 0 Å². The Balaban J connectivity index is 2.93. The molecular weight excluding hydrogens is 231 g/mol. The van der Waals surface area contributed by atoms with E-state index in [4.69, 9.17) is 5.11 Å². The molecule has 0 saturated heterocycles. The van der Waals surface area contributed by atoms with Gasteiger partial charge in [0.05, 0.1) is 13.7 Å². The molecule has 0 aliphatic heterocycles. The summed E-state index contributed by atoms with van der Waals surface area (Å²) in [6, 6.07) is 3.52. The van der Waals surface area contributed by atoms with Crippen molar-refractivity contribution in [3.63, 3.8) is 0 Å². The van der Waals surface area contributed by atoms with Crippen LogP contribution in [-0.4, -0.2) is 34.5 Å². The largest absolute Gasteiger partial charge is 0.467 e. The number of esters is 1. The first-order valence-electron chi connectivity index (χ1n) is 4.84. The van der Waals surface area contributed by atoms with Crippen molar-refractivity contribution in [1.82, 2.24) is 0 Å². The van der Waals surface area contributed by atoms with Gasteiger partial charge < -0.3 is 20.1 Å². The summed E-state index contributed by atoms with van der Waals surface area (Å²) in [4.78, 5) is 11.0. The van der Waals surface area contributed by atoms with Crippen LogP contribution in [0.4, 0.5) is 4.39 Å². The second kappa shape index (κ2) is 5.72. The summed E-state index contributed by atoms with van der Waals surface area (Å²) in [5.74, 6) is -1.73. The summed E-state index contributed by atoms with van der Waals surface area (Å²) in [5, 5.41) is 27.7. The van der Waals surface area contributed by atoms with Gasteiger partial charge in [-0.1, -0.05) is 12.1 Å². The van der Waals surface area contributed by atoms with E-state index in [2.05, 4.69) is 4.74 Å². The molecule has 2 atom stereocenters. The zero-order valence-corrected chi connectivity index (χ0v) is 9.13. The predicted octanol–water partition coefficient (Wildman–Crippen LogP) is -0.115. The van der Waals surface area contributed by atoms with Crippen molar-refractivity contribution in [2.24, 2.45) is 0 Å². The fourth-order valence-electron chi connectivity index (χ4n) is 1.31. The van der Waals surface area contributed by atoms with Gasteiger partial charge in [-0.25, -0.2) is 9.18 Å². The van der Waals surface area contributed by atoms with Crippen LogP contribution in [0.1, 0.15) is 17.2 Å². The van der Waals surface area contributed by atoms with Gasteiger partial charge in [0.2, 0.25) is 0 Å². The lowest BCUT2D eigenvalue weighted by Gasteiger charge is -2.16. The van der Waals surface area contributed by atoms with Crippen molar-refractivity contribution in [2.45, 2.75) is 18.8 Å². The zero-order valence-electron chi connectivity index (χ0n) is 9.13. The Morgan fingerprint density at radius 2 is 2.12 bits per heavy atom. The molecule has 3 N–H and O–H groups in total. The molecule has 0 bridgehead atoms. The Labute approximate surface area is 97.1 Å². The molecule has 17 heavy (non-hydrogen) atoms. The third-order valence-electron chi connectivity index (χ3n) is 2.33. The summed E-state index contributed by atoms with van der Waals surface area (Å²) >= 11 is 0. The zero-order chi connectivity index (χ0) is 13.0. The molecule has 0 aliphatic rings. The summed E-state index contributed by atoms with van der Waals surface area (Å²) < 4.78 is 17.5. The number of carbonyl (C=O) groups is 1. The predicted molar refractivity (Wildman–Crippen MR) is 55.3 cm³/mol. The summed E-state index contributed by atoms with van der Waals surface area (Å²) in [7, 11) is 1.06. The number of methoxy groups -OCH3 is 1. The van der Waals surface area contributed by atoms with E-state index in [0.717, 1.165) is 13.2 Å². The van der Waals surface area contributed by atoms with E-state index in [0.29, 0.717) is 0 Å². The smallest absolute Gasteiger partial charge is 0.337 e. The minimum absolute atomic E-state index is 0.0256. The second-order valence-electron chi connectivity index (χ2n) is 3.42. The van der Waals surface area contributed by atoms with Crippen molar-refractivity contribution >= 4 is 5.97 Å². The third-order valence-corrected chi connectivity index (χ3v) is 2.33. The van der Waals surface area contributed by atoms with Gasteiger partial charge >= 0.3 is 5.97 Å². The van der Waals surface area contributed by atoms with Gasteiger partial charge in [0.25, 0.3) is 0 Å². The molecule has 0 aromatic heterocycles. The fraction of sp³-hybridized carbons (Fsp3) is 0.364. The van der Waals surface area contributed by atoms with Crippen molar-refractivity contribution in [3.05, 3.63) is 35.1 Å². The highest BCUT2D eigenvalue weighted by molar-refractivity contribution is 5.75. The Hall–Kier alpha value is -1.50. The van der Waals surface area contributed by atoms with Crippen LogP contribution in [0.5, 0.6) is 0 Å². The summed E-state index contributed by atoms with van der Waals surface area (Å²) in [6.45, 7) is -0.470. The van der Waals surface area contributed by atoms with Crippen LogP contribution >= 0.6 is 0 Å². The van der Waals surface area contributed by atoms with Gasteiger partial charge in [-0.3, -0.25) is 0 Å². The van der Waals surface area contributed by atoms with Crippen LogP contribution in [0, 0.1) is 5.82 Å². The van der Waals surface area contributed by atoms with Crippen LogP contribution in [0.3, 0.4) is 0 Å². The van der Waals surface area contributed by atoms with Gasteiger partial charge in [-0.2, -0.15) is 0 Å². The molecule has 1 aromatic carbocycles. The number of carbonyl (C=O) groups excluding carboxylic acids is 1. The molecule has 5 nitrogen and oxygen atoms in total. The van der Waals surface area contributed by atoms with Crippen LogP contribution in [-0.2, 0) is 16.1 Å². The van der Waals surface area contributed by atoms with E-state index in [1.54, 1.807) is 0 Å². The Morgan fingerprint density at radius 1 is 1.47 bits per heavy atom. The lowest BCUT2D eigenvalue weighted by Crippen LogP contribution is -2.29. The maximum absolute atomic E-state index is 13.3. The van der Waals surface area contributed by atoms with Crippen molar-refractivity contribution in [1.29, 1.82) is 0 Å². The van der Waals surface area contributed by atoms with Gasteiger partial charge in [0, 0.05) is 5.56 Å². The topological polar surface area (TPSA) is 87.0 Å². The first-order valence-corrected chi connectivity index (χ1v) is 4.84. The average Bonchev–Trinajstić information content (AvgIpc) is 2.35. The number of aliphatic hydroxyl groups excluding tert-OH is 3. The standard InChI is InChI=1S/C11H13FO5/c1-17-11(16)10(15)9(14)6-2-3-7(5-13)8(12)4-6/h2-4,9-10,13-15H,5H2,1H3. The summed E-state index contributed by atoms with van der Waals surface area (Å²) in [6.07, 6.45) is -3.36. The molecule has 0 saturated carbocycles. The first kappa shape index (κ1) is 13.6. The SMILES string of the molecule is COC(=O)C(O)C(O)c1ccc(CO)c(F)c1.